The fourth-order valence-corrected chi connectivity index (χ4v) is 3.57. The van der Waals surface area contributed by atoms with Crippen LogP contribution in [0.2, 0.25) is 0 Å². The van der Waals surface area contributed by atoms with Gasteiger partial charge in [0.15, 0.2) is 5.13 Å². The molecule has 5 heteroatoms. The number of aromatic nitrogens is 1. The van der Waals surface area contributed by atoms with Gasteiger partial charge in [0, 0.05) is 0 Å². The topological polar surface area (TPSA) is 42.0 Å². The van der Waals surface area contributed by atoms with Gasteiger partial charge in [-0.25, -0.2) is 4.98 Å². The number of amides is 1. The van der Waals surface area contributed by atoms with E-state index < -0.39 is 0 Å². The van der Waals surface area contributed by atoms with Crippen LogP contribution in [0.3, 0.4) is 0 Å². The SMILES string of the molecule is CC(C)c1cccc2sc(NC(=O)c3cccs3)nc12. The zero-order chi connectivity index (χ0) is 14.1. The summed E-state index contributed by atoms with van der Waals surface area (Å²) in [4.78, 5) is 17.3. The Morgan fingerprint density at radius 3 is 2.80 bits per heavy atom. The molecule has 0 bridgehead atoms. The number of fused-ring (bicyclic) bond motifs is 1. The summed E-state index contributed by atoms with van der Waals surface area (Å²) in [6.07, 6.45) is 0. The second-order valence-corrected chi connectivity index (χ2v) is 6.78. The average molecular weight is 302 g/mol. The van der Waals surface area contributed by atoms with E-state index in [0.717, 1.165) is 10.2 Å². The van der Waals surface area contributed by atoms with Crippen molar-refractivity contribution in [1.82, 2.24) is 4.98 Å². The molecule has 0 aliphatic heterocycles. The van der Waals surface area contributed by atoms with Gasteiger partial charge in [-0.1, -0.05) is 43.4 Å². The number of para-hydroxylation sites is 1. The maximum Gasteiger partial charge on any atom is 0.267 e. The monoisotopic (exact) mass is 302 g/mol. The van der Waals surface area contributed by atoms with Gasteiger partial charge in [0.05, 0.1) is 15.1 Å². The average Bonchev–Trinajstić information content (AvgIpc) is 3.06. The smallest absolute Gasteiger partial charge is 0.267 e. The molecule has 0 saturated carbocycles. The summed E-state index contributed by atoms with van der Waals surface area (Å²) in [5, 5.41) is 5.43. The van der Waals surface area contributed by atoms with Crippen molar-refractivity contribution in [3.8, 4) is 0 Å². The maximum atomic E-state index is 12.0. The van der Waals surface area contributed by atoms with Crippen LogP contribution in [0, 0.1) is 0 Å². The molecule has 102 valence electrons. The van der Waals surface area contributed by atoms with Crippen molar-refractivity contribution in [1.29, 1.82) is 0 Å². The number of hydrogen-bond acceptors (Lipinski definition) is 4. The highest BCUT2D eigenvalue weighted by atomic mass is 32.1. The Labute approximate surface area is 125 Å². The van der Waals surface area contributed by atoms with Gasteiger partial charge in [0.1, 0.15) is 0 Å². The molecule has 0 radical (unpaired) electrons. The van der Waals surface area contributed by atoms with Gasteiger partial charge in [-0.15, -0.1) is 11.3 Å². The zero-order valence-electron chi connectivity index (χ0n) is 11.2. The lowest BCUT2D eigenvalue weighted by Crippen LogP contribution is -2.09. The van der Waals surface area contributed by atoms with Gasteiger partial charge in [-0.3, -0.25) is 10.1 Å². The molecular formula is C15H14N2OS2. The van der Waals surface area contributed by atoms with E-state index >= 15 is 0 Å². The number of nitrogens with one attached hydrogen (secondary N) is 1. The Balaban J connectivity index is 1.94. The summed E-state index contributed by atoms with van der Waals surface area (Å²) in [5.74, 6) is 0.326. The Morgan fingerprint density at radius 1 is 1.25 bits per heavy atom. The molecule has 3 nitrogen and oxygen atoms in total. The summed E-state index contributed by atoms with van der Waals surface area (Å²) in [7, 11) is 0. The Hall–Kier alpha value is -1.72. The van der Waals surface area contributed by atoms with Crippen LogP contribution in [0.4, 0.5) is 5.13 Å². The lowest BCUT2D eigenvalue weighted by Gasteiger charge is -2.04. The fourth-order valence-electron chi connectivity index (χ4n) is 2.06. The molecule has 1 aromatic carbocycles. The van der Waals surface area contributed by atoms with Crippen molar-refractivity contribution in [2.45, 2.75) is 19.8 Å². The highest BCUT2D eigenvalue weighted by molar-refractivity contribution is 7.22. The molecule has 0 unspecified atom stereocenters. The minimum Gasteiger partial charge on any atom is -0.297 e. The fraction of sp³-hybridized carbons (Fsp3) is 0.200. The van der Waals surface area contributed by atoms with Gasteiger partial charge < -0.3 is 0 Å². The molecule has 20 heavy (non-hydrogen) atoms. The van der Waals surface area contributed by atoms with Crippen LogP contribution in [0.15, 0.2) is 35.7 Å². The minimum absolute atomic E-state index is 0.0925. The second kappa shape index (κ2) is 5.34. The summed E-state index contributed by atoms with van der Waals surface area (Å²) >= 11 is 2.95. The van der Waals surface area contributed by atoms with Crippen molar-refractivity contribution in [3.63, 3.8) is 0 Å². The van der Waals surface area contributed by atoms with E-state index in [1.165, 1.54) is 28.2 Å². The maximum absolute atomic E-state index is 12.0. The van der Waals surface area contributed by atoms with Crippen LogP contribution in [-0.4, -0.2) is 10.9 Å². The lowest BCUT2D eigenvalue weighted by atomic mass is 10.0. The third kappa shape index (κ3) is 2.46. The summed E-state index contributed by atoms with van der Waals surface area (Å²) in [5.41, 5.74) is 2.21. The van der Waals surface area contributed by atoms with Gasteiger partial charge in [0.25, 0.3) is 5.91 Å². The van der Waals surface area contributed by atoms with Crippen LogP contribution >= 0.6 is 22.7 Å². The van der Waals surface area contributed by atoms with E-state index in [4.69, 9.17) is 0 Å². The number of thiazole rings is 1. The highest BCUT2D eigenvalue weighted by Crippen LogP contribution is 2.31. The van der Waals surface area contributed by atoms with E-state index in [0.29, 0.717) is 15.9 Å². The second-order valence-electron chi connectivity index (χ2n) is 4.80. The van der Waals surface area contributed by atoms with E-state index in [1.54, 1.807) is 0 Å². The van der Waals surface area contributed by atoms with Crippen LogP contribution in [-0.2, 0) is 0 Å². The summed E-state index contributed by atoms with van der Waals surface area (Å²) < 4.78 is 1.11. The Morgan fingerprint density at radius 2 is 2.10 bits per heavy atom. The molecule has 2 aromatic heterocycles. The normalized spacial score (nSPS) is 11.2. The number of thiophene rings is 1. The molecule has 3 aromatic rings. The number of carbonyl (C=O) groups is 1. The Kier molecular flexibility index (Phi) is 3.54. The van der Waals surface area contributed by atoms with Gasteiger partial charge in [-0.05, 0) is 29.0 Å². The first kappa shape index (κ1) is 13.3. The molecule has 2 heterocycles. The third-order valence-corrected chi connectivity index (χ3v) is 4.84. The molecule has 0 aliphatic carbocycles. The van der Waals surface area contributed by atoms with Crippen LogP contribution in [0.25, 0.3) is 10.2 Å². The summed E-state index contributed by atoms with van der Waals surface area (Å²) in [6.45, 7) is 4.30. The number of anilines is 1. The number of carbonyl (C=O) groups excluding carboxylic acids is 1. The predicted octanol–water partition coefficient (Wildman–Crippen LogP) is 4.73. The van der Waals surface area contributed by atoms with Crippen molar-refractivity contribution in [2.24, 2.45) is 0 Å². The first-order valence-electron chi connectivity index (χ1n) is 6.39. The molecule has 0 spiro atoms. The number of hydrogen-bond donors (Lipinski definition) is 1. The van der Waals surface area contributed by atoms with E-state index in [1.807, 2.05) is 29.6 Å². The van der Waals surface area contributed by atoms with Crippen molar-refractivity contribution in [2.75, 3.05) is 5.32 Å². The molecule has 0 fully saturated rings. The van der Waals surface area contributed by atoms with Crippen molar-refractivity contribution in [3.05, 3.63) is 46.2 Å². The molecule has 0 atom stereocenters. The predicted molar refractivity (Wildman–Crippen MR) is 86.0 cm³/mol. The number of rotatable bonds is 3. The third-order valence-electron chi connectivity index (χ3n) is 3.04. The lowest BCUT2D eigenvalue weighted by molar-refractivity contribution is 0.103. The largest absolute Gasteiger partial charge is 0.297 e. The standard InChI is InChI=1S/C15H14N2OS2/c1-9(2)10-5-3-6-11-13(10)16-15(20-11)17-14(18)12-7-4-8-19-12/h3-9H,1-2H3,(H,16,17,18). The quantitative estimate of drug-likeness (QED) is 0.759. The molecular weight excluding hydrogens is 288 g/mol. The van der Waals surface area contributed by atoms with E-state index in [2.05, 4.69) is 30.2 Å². The van der Waals surface area contributed by atoms with E-state index in [-0.39, 0.29) is 5.91 Å². The first-order chi connectivity index (χ1) is 9.65. The zero-order valence-corrected chi connectivity index (χ0v) is 12.8. The molecule has 0 aliphatic rings. The highest BCUT2D eigenvalue weighted by Gasteiger charge is 2.13. The van der Waals surface area contributed by atoms with Crippen molar-refractivity contribution >= 4 is 43.9 Å². The van der Waals surface area contributed by atoms with Crippen LogP contribution in [0.1, 0.15) is 35.0 Å². The van der Waals surface area contributed by atoms with Gasteiger partial charge in [-0.2, -0.15) is 0 Å². The first-order valence-corrected chi connectivity index (χ1v) is 8.09. The van der Waals surface area contributed by atoms with Gasteiger partial charge in [0.2, 0.25) is 0 Å². The molecule has 3 rings (SSSR count). The molecule has 0 saturated heterocycles. The summed E-state index contributed by atoms with van der Waals surface area (Å²) in [6, 6.07) is 9.86. The molecule has 1 N–H and O–H groups in total. The van der Waals surface area contributed by atoms with Crippen LogP contribution in [0.5, 0.6) is 0 Å². The van der Waals surface area contributed by atoms with Crippen LogP contribution < -0.4 is 5.32 Å². The van der Waals surface area contributed by atoms with Crippen molar-refractivity contribution < 1.29 is 4.79 Å². The van der Waals surface area contributed by atoms with Gasteiger partial charge >= 0.3 is 0 Å². The van der Waals surface area contributed by atoms with E-state index in [9.17, 15) is 4.79 Å². The number of benzene rings is 1. The number of nitrogens with zero attached hydrogens (tertiary/aromatic N) is 1. The molecule has 1 amide bonds. The Bertz CT molecular complexity index is 744. The minimum atomic E-state index is -0.0925.